The van der Waals surface area contributed by atoms with Gasteiger partial charge in [-0.15, -0.1) is 0 Å². The molecule has 1 aliphatic heterocycles. The van der Waals surface area contributed by atoms with Crippen LogP contribution in [0.3, 0.4) is 0 Å². The van der Waals surface area contributed by atoms with Gasteiger partial charge in [0.05, 0.1) is 19.5 Å². The monoisotopic (exact) mass is 569 g/mol. The Hall–Kier alpha value is -3.98. The Balaban J connectivity index is 1.53. The van der Waals surface area contributed by atoms with Crippen LogP contribution < -0.4 is 10.1 Å². The predicted octanol–water partition coefficient (Wildman–Crippen LogP) is 6.20. The van der Waals surface area contributed by atoms with Crippen molar-refractivity contribution in [3.63, 3.8) is 0 Å². The summed E-state index contributed by atoms with van der Waals surface area (Å²) in [6.07, 6.45) is 0.991. The lowest BCUT2D eigenvalue weighted by Gasteiger charge is -2.37. The van der Waals surface area contributed by atoms with Crippen LogP contribution in [0, 0.1) is 5.92 Å². The maximum Gasteiger partial charge on any atom is 0.227 e. The van der Waals surface area contributed by atoms with E-state index in [0.29, 0.717) is 17.1 Å². The highest BCUT2D eigenvalue weighted by Gasteiger charge is 2.42. The highest BCUT2D eigenvalue weighted by molar-refractivity contribution is 6.33. The lowest BCUT2D eigenvalue weighted by atomic mass is 9.77. The zero-order valence-corrected chi connectivity index (χ0v) is 23.9. The number of anilines is 1. The zero-order chi connectivity index (χ0) is 28.6. The Kier molecular flexibility index (Phi) is 7.38. The number of nitrogens with one attached hydrogen (secondary N) is 1. The van der Waals surface area contributed by atoms with Crippen molar-refractivity contribution in [3.05, 3.63) is 113 Å². The molecule has 0 unspecified atom stereocenters. The first kappa shape index (κ1) is 27.2. The van der Waals surface area contributed by atoms with Crippen LogP contribution in [0.15, 0.2) is 91.3 Å². The fraction of sp³-hybridized carbons (Fsp3) is 0.281. The van der Waals surface area contributed by atoms with Crippen LogP contribution in [0.2, 0.25) is 5.15 Å². The van der Waals surface area contributed by atoms with Gasteiger partial charge in [-0.3, -0.25) is 4.57 Å². The molecule has 2 N–H and O–H groups in total. The standard InChI is InChI=1S/C32H32ClN5O3/c1-4-25-20(2)27(39)30(41-25)38-19-34-26-28(33)35-31(36-29(26)38)37-32(21-11-7-5-8-12-21,22-13-9-6-10-14-22)23-15-17-24(40-3)18-16-23/h5-20,25,27,30,39H,4H2,1-3H3,(H,35,36,37)/t20-,25-,27-,30-/m1/s1. The first-order chi connectivity index (χ1) is 20.0. The second-order valence-electron chi connectivity index (χ2n) is 10.3. The summed E-state index contributed by atoms with van der Waals surface area (Å²) < 4.78 is 13.4. The van der Waals surface area contributed by atoms with E-state index in [0.717, 1.165) is 28.9 Å². The number of halogens is 1. The van der Waals surface area contributed by atoms with Crippen molar-refractivity contribution in [2.45, 2.75) is 44.2 Å². The van der Waals surface area contributed by atoms with Gasteiger partial charge in [0.2, 0.25) is 5.95 Å². The lowest BCUT2D eigenvalue weighted by Crippen LogP contribution is -2.38. The molecule has 0 bridgehead atoms. The Morgan fingerprint density at radius 2 is 1.56 bits per heavy atom. The molecular weight excluding hydrogens is 538 g/mol. The normalized spacial score (nSPS) is 20.8. The van der Waals surface area contributed by atoms with Gasteiger partial charge >= 0.3 is 0 Å². The fourth-order valence-corrected chi connectivity index (χ4v) is 6.00. The minimum Gasteiger partial charge on any atom is -0.497 e. The molecule has 0 amide bonds. The van der Waals surface area contributed by atoms with Crippen molar-refractivity contribution in [2.75, 3.05) is 12.4 Å². The lowest BCUT2D eigenvalue weighted by molar-refractivity contribution is -0.0355. The molecule has 41 heavy (non-hydrogen) atoms. The zero-order valence-electron chi connectivity index (χ0n) is 23.1. The summed E-state index contributed by atoms with van der Waals surface area (Å²) in [5.41, 5.74) is 2.96. The predicted molar refractivity (Wildman–Crippen MR) is 159 cm³/mol. The Morgan fingerprint density at radius 3 is 2.12 bits per heavy atom. The van der Waals surface area contributed by atoms with Crippen molar-refractivity contribution >= 4 is 28.7 Å². The highest BCUT2D eigenvalue weighted by atomic mass is 35.5. The second-order valence-corrected chi connectivity index (χ2v) is 10.7. The molecule has 210 valence electrons. The van der Waals surface area contributed by atoms with E-state index in [-0.39, 0.29) is 17.2 Å². The molecule has 1 aliphatic rings. The number of hydrogen-bond donors (Lipinski definition) is 2. The Labute approximate surface area is 244 Å². The Morgan fingerprint density at radius 1 is 0.951 bits per heavy atom. The first-order valence-corrected chi connectivity index (χ1v) is 14.1. The number of aliphatic hydroxyl groups is 1. The van der Waals surface area contributed by atoms with E-state index in [1.54, 1.807) is 18.0 Å². The molecular formula is C32H32ClN5O3. The summed E-state index contributed by atoms with van der Waals surface area (Å²) in [5, 5.41) is 14.9. The number of benzene rings is 3. The first-order valence-electron chi connectivity index (χ1n) is 13.7. The minimum atomic E-state index is -0.887. The van der Waals surface area contributed by atoms with Gasteiger partial charge in [-0.1, -0.05) is 98.2 Å². The molecule has 0 aliphatic carbocycles. The van der Waals surface area contributed by atoms with Crippen LogP contribution in [0.25, 0.3) is 11.2 Å². The molecule has 0 saturated carbocycles. The third kappa shape index (κ3) is 4.72. The third-order valence-electron chi connectivity index (χ3n) is 8.02. The summed E-state index contributed by atoms with van der Waals surface area (Å²) in [6.45, 7) is 4.05. The number of rotatable bonds is 8. The van der Waals surface area contributed by atoms with E-state index in [4.69, 9.17) is 26.1 Å². The molecule has 2 aromatic heterocycles. The maximum absolute atomic E-state index is 11.0. The summed E-state index contributed by atoms with van der Waals surface area (Å²) in [5.74, 6) is 1.03. The number of hydrogen-bond acceptors (Lipinski definition) is 7. The summed E-state index contributed by atoms with van der Waals surface area (Å²) in [6, 6.07) is 28.2. The number of fused-ring (bicyclic) bond motifs is 1. The molecule has 6 rings (SSSR count). The van der Waals surface area contributed by atoms with E-state index < -0.39 is 17.9 Å². The molecule has 9 heteroatoms. The summed E-state index contributed by atoms with van der Waals surface area (Å²) in [4.78, 5) is 14.0. The van der Waals surface area contributed by atoms with Gasteiger partial charge < -0.3 is 19.9 Å². The van der Waals surface area contributed by atoms with Crippen molar-refractivity contribution < 1.29 is 14.6 Å². The third-order valence-corrected chi connectivity index (χ3v) is 8.29. The van der Waals surface area contributed by atoms with Gasteiger partial charge in [0, 0.05) is 5.92 Å². The second kappa shape index (κ2) is 11.1. The van der Waals surface area contributed by atoms with Gasteiger partial charge in [-0.05, 0) is 35.2 Å². The van der Waals surface area contributed by atoms with Crippen molar-refractivity contribution in [1.82, 2.24) is 19.5 Å². The van der Waals surface area contributed by atoms with Crippen LogP contribution in [0.1, 0.15) is 43.2 Å². The number of nitrogens with zero attached hydrogens (tertiary/aromatic N) is 4. The average Bonchev–Trinajstić information content (AvgIpc) is 3.57. The molecule has 0 spiro atoms. The van der Waals surface area contributed by atoms with Gasteiger partial charge in [0.15, 0.2) is 17.0 Å². The average molecular weight is 570 g/mol. The topological polar surface area (TPSA) is 94.3 Å². The van der Waals surface area contributed by atoms with E-state index >= 15 is 0 Å². The van der Waals surface area contributed by atoms with Crippen LogP contribution >= 0.6 is 11.6 Å². The van der Waals surface area contributed by atoms with E-state index in [1.165, 1.54) is 0 Å². The molecule has 3 aromatic carbocycles. The van der Waals surface area contributed by atoms with Crippen LogP contribution in [-0.2, 0) is 10.3 Å². The number of methoxy groups -OCH3 is 1. The highest BCUT2D eigenvalue weighted by Crippen LogP contribution is 2.41. The molecule has 4 atom stereocenters. The van der Waals surface area contributed by atoms with Gasteiger partial charge in [-0.25, -0.2) is 4.98 Å². The number of ether oxygens (including phenoxy) is 2. The fourth-order valence-electron chi connectivity index (χ4n) is 5.79. The number of imidazole rings is 1. The number of aliphatic hydroxyl groups excluding tert-OH is 1. The molecule has 5 aromatic rings. The number of aromatic nitrogens is 4. The van der Waals surface area contributed by atoms with Crippen LogP contribution in [0.4, 0.5) is 5.95 Å². The van der Waals surface area contributed by atoms with Crippen molar-refractivity contribution in [1.29, 1.82) is 0 Å². The largest absolute Gasteiger partial charge is 0.497 e. The minimum absolute atomic E-state index is 0.0313. The molecule has 3 heterocycles. The maximum atomic E-state index is 11.0. The molecule has 1 fully saturated rings. The Bertz CT molecular complexity index is 1590. The molecule has 1 saturated heterocycles. The van der Waals surface area contributed by atoms with Crippen molar-refractivity contribution in [2.24, 2.45) is 5.92 Å². The summed E-state index contributed by atoms with van der Waals surface area (Å²) >= 11 is 6.72. The van der Waals surface area contributed by atoms with E-state index in [9.17, 15) is 5.11 Å². The van der Waals surface area contributed by atoms with Gasteiger partial charge in [0.25, 0.3) is 0 Å². The van der Waals surface area contributed by atoms with E-state index in [1.807, 2.05) is 67.6 Å². The van der Waals surface area contributed by atoms with Gasteiger partial charge in [0.1, 0.15) is 22.9 Å². The molecule has 8 nitrogen and oxygen atoms in total. The SMILES string of the molecule is CC[C@H]1O[C@@H](n2cnc3c(Cl)nc(NC(c4ccccc4)(c4ccccc4)c4ccc(OC)cc4)nc32)[C@H](O)[C@@H]1C. The molecule has 0 radical (unpaired) electrons. The van der Waals surface area contributed by atoms with Crippen LogP contribution in [-0.4, -0.2) is 43.9 Å². The summed E-state index contributed by atoms with van der Waals surface area (Å²) in [7, 11) is 1.65. The van der Waals surface area contributed by atoms with Crippen LogP contribution in [0.5, 0.6) is 5.75 Å². The van der Waals surface area contributed by atoms with Gasteiger partial charge in [-0.2, -0.15) is 9.97 Å². The smallest absolute Gasteiger partial charge is 0.227 e. The van der Waals surface area contributed by atoms with E-state index in [2.05, 4.69) is 46.5 Å². The van der Waals surface area contributed by atoms with Crippen molar-refractivity contribution in [3.8, 4) is 5.75 Å². The quantitative estimate of drug-likeness (QED) is 0.170.